The molecule has 1 heterocycles. The van der Waals surface area contributed by atoms with Crippen molar-refractivity contribution < 1.29 is 32.6 Å². The molecule has 0 aromatic heterocycles. The van der Waals surface area contributed by atoms with E-state index in [-0.39, 0.29) is 17.7 Å². The average molecular weight is 459 g/mol. The minimum Gasteiger partial charge on any atom is -0.444 e. The molecule has 1 unspecified atom stereocenters. The molecule has 1 amide bonds. The van der Waals surface area contributed by atoms with Crippen molar-refractivity contribution in [1.82, 2.24) is 4.90 Å². The van der Waals surface area contributed by atoms with Crippen LogP contribution in [-0.4, -0.2) is 46.7 Å². The molecule has 0 radical (unpaired) electrons. The molecule has 33 heavy (non-hydrogen) atoms. The first-order chi connectivity index (χ1) is 15.3. The van der Waals surface area contributed by atoms with Crippen molar-refractivity contribution in [1.29, 1.82) is 0 Å². The zero-order valence-electron chi connectivity index (χ0n) is 18.5. The minimum atomic E-state index is -5.04. The molecule has 0 fully saturated rings. The van der Waals surface area contributed by atoms with E-state index in [1.54, 1.807) is 32.9 Å². The van der Waals surface area contributed by atoms with Crippen LogP contribution in [-0.2, 0) is 10.3 Å². The van der Waals surface area contributed by atoms with Crippen molar-refractivity contribution in [2.75, 3.05) is 13.1 Å². The van der Waals surface area contributed by atoms with E-state index in [1.165, 1.54) is 29.2 Å². The lowest BCUT2D eigenvalue weighted by molar-refractivity contribution is -0.248. The van der Waals surface area contributed by atoms with E-state index in [0.29, 0.717) is 24.1 Å². The zero-order valence-corrected chi connectivity index (χ0v) is 18.5. The van der Waals surface area contributed by atoms with Crippen molar-refractivity contribution in [2.45, 2.75) is 44.6 Å². The number of amides is 1. The van der Waals surface area contributed by atoms with Crippen LogP contribution in [0.2, 0.25) is 0 Å². The van der Waals surface area contributed by atoms with Gasteiger partial charge in [-0.2, -0.15) is 13.2 Å². The summed E-state index contributed by atoms with van der Waals surface area (Å²) in [5, 5.41) is 11.0. The topological polar surface area (TPSA) is 66.8 Å². The number of carbonyl (C=O) groups is 2. The number of ketones is 1. The van der Waals surface area contributed by atoms with E-state index in [1.807, 2.05) is 0 Å². The number of fused-ring (bicyclic) bond motifs is 2. The standard InChI is InChI=1S/C25H24F3NO4/c1-23(2,3)33-22(31)29-13-11-15(12-14-29)16-8-6-10-19-20(16)21(30)17-7-4-5-9-18(17)24(19,32)25(26,27)28/h4-11,32H,12-14H2,1-3H3. The van der Waals surface area contributed by atoms with Gasteiger partial charge in [-0.05, 0) is 38.3 Å². The Morgan fingerprint density at radius 2 is 1.67 bits per heavy atom. The van der Waals surface area contributed by atoms with Crippen molar-refractivity contribution in [3.8, 4) is 0 Å². The average Bonchev–Trinajstić information content (AvgIpc) is 2.75. The number of rotatable bonds is 1. The monoisotopic (exact) mass is 459 g/mol. The van der Waals surface area contributed by atoms with E-state index in [4.69, 9.17) is 4.74 Å². The van der Waals surface area contributed by atoms with Crippen LogP contribution in [0.1, 0.15) is 59.8 Å². The molecule has 4 rings (SSSR count). The normalized spacial score (nSPS) is 20.6. The molecule has 0 saturated heterocycles. The third kappa shape index (κ3) is 3.82. The summed E-state index contributed by atoms with van der Waals surface area (Å²) in [5.41, 5.74) is -4.27. The molecule has 1 aliphatic heterocycles. The molecule has 8 heteroatoms. The van der Waals surface area contributed by atoms with E-state index < -0.39 is 40.4 Å². The first-order valence-corrected chi connectivity index (χ1v) is 10.6. The molecule has 1 aliphatic carbocycles. The lowest BCUT2D eigenvalue weighted by Gasteiger charge is -2.38. The van der Waals surface area contributed by atoms with Crippen LogP contribution in [0.4, 0.5) is 18.0 Å². The van der Waals surface area contributed by atoms with Crippen LogP contribution in [0.5, 0.6) is 0 Å². The molecular weight excluding hydrogens is 435 g/mol. The molecule has 2 aromatic carbocycles. The highest BCUT2D eigenvalue weighted by molar-refractivity contribution is 6.15. The number of aliphatic hydroxyl groups is 1. The van der Waals surface area contributed by atoms with E-state index in [0.717, 1.165) is 12.1 Å². The van der Waals surface area contributed by atoms with Gasteiger partial charge in [0, 0.05) is 35.3 Å². The Labute approximate surface area is 189 Å². The highest BCUT2D eigenvalue weighted by Gasteiger charge is 2.60. The summed E-state index contributed by atoms with van der Waals surface area (Å²) in [6.07, 6.45) is -3.48. The maximum absolute atomic E-state index is 14.2. The quantitative estimate of drug-likeness (QED) is 0.648. The Morgan fingerprint density at radius 1 is 1.03 bits per heavy atom. The number of ether oxygens (including phenoxy) is 1. The second kappa shape index (κ2) is 7.73. The number of alkyl halides is 3. The fourth-order valence-electron chi connectivity index (χ4n) is 4.35. The first-order valence-electron chi connectivity index (χ1n) is 10.6. The maximum atomic E-state index is 14.2. The Hall–Kier alpha value is -3.13. The van der Waals surface area contributed by atoms with Gasteiger partial charge in [0.15, 0.2) is 5.78 Å². The summed E-state index contributed by atoms with van der Waals surface area (Å²) in [6.45, 7) is 5.77. The van der Waals surface area contributed by atoms with Crippen molar-refractivity contribution in [3.63, 3.8) is 0 Å². The van der Waals surface area contributed by atoms with Gasteiger partial charge in [0.2, 0.25) is 5.60 Å². The van der Waals surface area contributed by atoms with Gasteiger partial charge in [-0.3, -0.25) is 4.79 Å². The van der Waals surface area contributed by atoms with Gasteiger partial charge < -0.3 is 14.7 Å². The summed E-state index contributed by atoms with van der Waals surface area (Å²) < 4.78 is 48.1. The van der Waals surface area contributed by atoms with Gasteiger partial charge in [0.25, 0.3) is 0 Å². The number of carbonyl (C=O) groups excluding carboxylic acids is 2. The van der Waals surface area contributed by atoms with E-state index in [2.05, 4.69) is 0 Å². The van der Waals surface area contributed by atoms with E-state index in [9.17, 15) is 27.9 Å². The number of hydrogen-bond acceptors (Lipinski definition) is 4. The molecule has 0 spiro atoms. The predicted octanol–water partition coefficient (Wildman–Crippen LogP) is 5.05. The molecule has 5 nitrogen and oxygen atoms in total. The van der Waals surface area contributed by atoms with Gasteiger partial charge in [0.05, 0.1) is 0 Å². The second-order valence-electron chi connectivity index (χ2n) is 9.22. The maximum Gasteiger partial charge on any atom is 0.425 e. The van der Waals surface area contributed by atoms with Crippen LogP contribution in [0.25, 0.3) is 5.57 Å². The van der Waals surface area contributed by atoms with Gasteiger partial charge in [-0.25, -0.2) is 4.79 Å². The van der Waals surface area contributed by atoms with Gasteiger partial charge in [-0.1, -0.05) is 48.5 Å². The number of benzene rings is 2. The predicted molar refractivity (Wildman–Crippen MR) is 116 cm³/mol. The zero-order chi connectivity index (χ0) is 24.2. The van der Waals surface area contributed by atoms with Gasteiger partial charge >= 0.3 is 12.3 Å². The summed E-state index contributed by atoms with van der Waals surface area (Å²) in [6, 6.07) is 9.41. The largest absolute Gasteiger partial charge is 0.444 e. The van der Waals surface area contributed by atoms with Crippen LogP contribution < -0.4 is 0 Å². The molecule has 0 saturated carbocycles. The summed E-state index contributed by atoms with van der Waals surface area (Å²) in [5.74, 6) is -0.569. The molecule has 0 bridgehead atoms. The Bertz CT molecular complexity index is 1160. The number of nitrogens with zero attached hydrogens (tertiary/aromatic N) is 1. The SMILES string of the molecule is CC(C)(C)OC(=O)N1CC=C(c2cccc3c2C(=O)c2ccccc2C3(O)C(F)(F)F)CC1. The Morgan fingerprint density at radius 3 is 2.27 bits per heavy atom. The van der Waals surface area contributed by atoms with E-state index >= 15 is 0 Å². The Balaban J connectivity index is 1.78. The molecule has 2 aromatic rings. The minimum absolute atomic E-state index is 0.159. The van der Waals surface area contributed by atoms with Crippen molar-refractivity contribution in [2.24, 2.45) is 0 Å². The second-order valence-corrected chi connectivity index (χ2v) is 9.22. The molecule has 174 valence electrons. The van der Waals surface area contributed by atoms with Gasteiger partial charge in [-0.15, -0.1) is 0 Å². The fraction of sp³-hybridized carbons (Fsp3) is 0.360. The third-order valence-corrected chi connectivity index (χ3v) is 5.86. The lowest BCUT2D eigenvalue weighted by Crippen LogP contribution is -2.48. The first kappa shape index (κ1) is 23.0. The fourth-order valence-corrected chi connectivity index (χ4v) is 4.35. The third-order valence-electron chi connectivity index (χ3n) is 5.86. The van der Waals surface area contributed by atoms with Crippen LogP contribution in [0.15, 0.2) is 48.5 Å². The molecule has 1 N–H and O–H groups in total. The van der Waals surface area contributed by atoms with Gasteiger partial charge in [0.1, 0.15) is 5.60 Å². The number of hydrogen-bond donors (Lipinski definition) is 1. The Kier molecular flexibility index (Phi) is 5.40. The van der Waals surface area contributed by atoms with Crippen molar-refractivity contribution in [3.05, 3.63) is 76.4 Å². The molecular formula is C25H24F3NO4. The number of halogens is 3. The van der Waals surface area contributed by atoms with Crippen LogP contribution in [0.3, 0.4) is 0 Å². The summed E-state index contributed by atoms with van der Waals surface area (Å²) in [4.78, 5) is 27.2. The summed E-state index contributed by atoms with van der Waals surface area (Å²) >= 11 is 0. The highest BCUT2D eigenvalue weighted by atomic mass is 19.4. The smallest absolute Gasteiger partial charge is 0.425 e. The highest BCUT2D eigenvalue weighted by Crippen LogP contribution is 2.51. The summed E-state index contributed by atoms with van der Waals surface area (Å²) in [7, 11) is 0. The molecule has 1 atom stereocenters. The van der Waals surface area contributed by atoms with Crippen LogP contribution >= 0.6 is 0 Å². The van der Waals surface area contributed by atoms with Crippen LogP contribution in [0, 0.1) is 0 Å². The van der Waals surface area contributed by atoms with Crippen molar-refractivity contribution >= 4 is 17.4 Å². The molecule has 2 aliphatic rings. The lowest BCUT2D eigenvalue weighted by atomic mass is 9.71.